The van der Waals surface area contributed by atoms with Crippen LogP contribution in [-0.2, 0) is 0 Å². The molecule has 0 amide bonds. The molecule has 2 fully saturated rings. The summed E-state index contributed by atoms with van der Waals surface area (Å²) in [5.74, 6) is 0.739. The Balaban J connectivity index is 1.98. The first kappa shape index (κ1) is 12.4. The molecule has 0 radical (unpaired) electrons. The van der Waals surface area contributed by atoms with Gasteiger partial charge in [0.05, 0.1) is 0 Å². The molecule has 0 aliphatic heterocycles. The standard InChI is InChI=1S/C14H28N2/c1-11(14(2)8-9-14)16(3)13-7-5-4-6-12(13)10-15/h11-13H,4-10,15H2,1-3H3. The molecule has 2 heteroatoms. The van der Waals surface area contributed by atoms with Crippen molar-refractivity contribution < 1.29 is 0 Å². The highest BCUT2D eigenvalue weighted by Gasteiger charge is 2.46. The van der Waals surface area contributed by atoms with Crippen LogP contribution in [0, 0.1) is 11.3 Å². The predicted octanol–water partition coefficient (Wildman–Crippen LogP) is 2.62. The molecule has 0 aromatic heterocycles. The first-order valence-electron chi connectivity index (χ1n) is 7.00. The average Bonchev–Trinajstić information content (AvgIpc) is 3.06. The zero-order chi connectivity index (χ0) is 11.8. The first-order chi connectivity index (χ1) is 7.58. The van der Waals surface area contributed by atoms with Crippen LogP contribution in [0.5, 0.6) is 0 Å². The number of nitrogens with zero attached hydrogens (tertiary/aromatic N) is 1. The zero-order valence-electron chi connectivity index (χ0n) is 11.2. The Morgan fingerprint density at radius 1 is 1.31 bits per heavy atom. The molecule has 0 saturated heterocycles. The molecule has 2 rings (SSSR count). The van der Waals surface area contributed by atoms with Gasteiger partial charge in [-0.05, 0) is 57.5 Å². The van der Waals surface area contributed by atoms with Crippen LogP contribution in [0.1, 0.15) is 52.4 Å². The summed E-state index contributed by atoms with van der Waals surface area (Å²) in [5, 5.41) is 0. The minimum atomic E-state index is 0.603. The topological polar surface area (TPSA) is 29.3 Å². The van der Waals surface area contributed by atoms with Gasteiger partial charge < -0.3 is 5.73 Å². The van der Waals surface area contributed by atoms with Crippen molar-refractivity contribution in [3.05, 3.63) is 0 Å². The Hall–Kier alpha value is -0.0800. The van der Waals surface area contributed by atoms with E-state index in [4.69, 9.17) is 5.73 Å². The van der Waals surface area contributed by atoms with Crippen LogP contribution in [0.2, 0.25) is 0 Å². The molecule has 0 spiro atoms. The van der Waals surface area contributed by atoms with Gasteiger partial charge in [-0.2, -0.15) is 0 Å². The van der Waals surface area contributed by atoms with E-state index in [1.807, 2.05) is 0 Å². The van der Waals surface area contributed by atoms with Crippen LogP contribution in [0.15, 0.2) is 0 Å². The molecule has 2 nitrogen and oxygen atoms in total. The summed E-state index contributed by atoms with van der Waals surface area (Å²) in [6.45, 7) is 5.72. The predicted molar refractivity (Wildman–Crippen MR) is 69.4 cm³/mol. The fraction of sp³-hybridized carbons (Fsp3) is 1.00. The fourth-order valence-corrected chi connectivity index (χ4v) is 3.39. The van der Waals surface area contributed by atoms with E-state index in [0.29, 0.717) is 5.41 Å². The van der Waals surface area contributed by atoms with Gasteiger partial charge in [-0.1, -0.05) is 19.8 Å². The van der Waals surface area contributed by atoms with Gasteiger partial charge in [0.1, 0.15) is 0 Å². The van der Waals surface area contributed by atoms with Gasteiger partial charge in [0.2, 0.25) is 0 Å². The number of hydrogen-bond acceptors (Lipinski definition) is 2. The van der Waals surface area contributed by atoms with Crippen LogP contribution in [0.3, 0.4) is 0 Å². The van der Waals surface area contributed by atoms with E-state index in [1.165, 1.54) is 38.5 Å². The third kappa shape index (κ3) is 2.28. The molecule has 94 valence electrons. The van der Waals surface area contributed by atoms with Gasteiger partial charge in [0.15, 0.2) is 0 Å². The summed E-state index contributed by atoms with van der Waals surface area (Å²) < 4.78 is 0. The summed E-state index contributed by atoms with van der Waals surface area (Å²) in [4.78, 5) is 2.64. The van der Waals surface area contributed by atoms with E-state index in [0.717, 1.165) is 24.5 Å². The van der Waals surface area contributed by atoms with Crippen molar-refractivity contribution >= 4 is 0 Å². The van der Waals surface area contributed by atoms with Crippen LogP contribution in [-0.4, -0.2) is 30.6 Å². The molecule has 0 aromatic rings. The highest BCUT2D eigenvalue weighted by atomic mass is 15.2. The second-order valence-corrected chi connectivity index (χ2v) is 6.34. The number of hydrogen-bond donors (Lipinski definition) is 1. The Kier molecular flexibility index (Phi) is 3.60. The third-order valence-corrected chi connectivity index (χ3v) is 5.35. The van der Waals surface area contributed by atoms with Crippen molar-refractivity contribution in [3.63, 3.8) is 0 Å². The molecule has 2 aliphatic carbocycles. The summed E-state index contributed by atoms with van der Waals surface area (Å²) in [6.07, 6.45) is 8.32. The molecule has 0 bridgehead atoms. The minimum absolute atomic E-state index is 0.603. The van der Waals surface area contributed by atoms with E-state index in [2.05, 4.69) is 25.8 Å². The van der Waals surface area contributed by atoms with Gasteiger partial charge in [0.25, 0.3) is 0 Å². The Morgan fingerprint density at radius 2 is 1.94 bits per heavy atom. The highest BCUT2D eigenvalue weighted by molar-refractivity contribution is 4.99. The summed E-state index contributed by atoms with van der Waals surface area (Å²) in [5.41, 5.74) is 6.53. The van der Waals surface area contributed by atoms with Crippen LogP contribution >= 0.6 is 0 Å². The zero-order valence-corrected chi connectivity index (χ0v) is 11.2. The smallest absolute Gasteiger partial charge is 0.0136 e. The lowest BCUT2D eigenvalue weighted by atomic mass is 9.82. The largest absolute Gasteiger partial charge is 0.330 e. The lowest BCUT2D eigenvalue weighted by Gasteiger charge is -2.42. The number of nitrogens with two attached hydrogens (primary N) is 1. The normalized spacial score (nSPS) is 35.1. The summed E-state index contributed by atoms with van der Waals surface area (Å²) >= 11 is 0. The van der Waals surface area contributed by atoms with Crippen LogP contribution in [0.4, 0.5) is 0 Å². The van der Waals surface area contributed by atoms with Crippen molar-refractivity contribution in [3.8, 4) is 0 Å². The molecule has 2 N–H and O–H groups in total. The van der Waals surface area contributed by atoms with Crippen molar-refractivity contribution in [2.45, 2.75) is 64.5 Å². The van der Waals surface area contributed by atoms with Gasteiger partial charge in [-0.25, -0.2) is 0 Å². The van der Waals surface area contributed by atoms with Crippen molar-refractivity contribution in [1.82, 2.24) is 4.90 Å². The molecular weight excluding hydrogens is 196 g/mol. The highest BCUT2D eigenvalue weighted by Crippen LogP contribution is 2.50. The maximum Gasteiger partial charge on any atom is 0.0136 e. The summed E-state index contributed by atoms with van der Waals surface area (Å²) in [7, 11) is 2.33. The van der Waals surface area contributed by atoms with Gasteiger partial charge in [-0.15, -0.1) is 0 Å². The lowest BCUT2D eigenvalue weighted by Crippen LogP contribution is -2.49. The second kappa shape index (κ2) is 4.66. The van der Waals surface area contributed by atoms with Crippen LogP contribution in [0.25, 0.3) is 0 Å². The molecule has 16 heavy (non-hydrogen) atoms. The molecular formula is C14H28N2. The molecule has 3 atom stereocenters. The van der Waals surface area contributed by atoms with Crippen molar-refractivity contribution in [2.75, 3.05) is 13.6 Å². The molecule has 2 aliphatic rings. The van der Waals surface area contributed by atoms with E-state index >= 15 is 0 Å². The average molecular weight is 224 g/mol. The van der Waals surface area contributed by atoms with E-state index in [9.17, 15) is 0 Å². The Bertz CT molecular complexity index is 235. The quantitative estimate of drug-likeness (QED) is 0.795. The van der Waals surface area contributed by atoms with Gasteiger partial charge >= 0.3 is 0 Å². The van der Waals surface area contributed by atoms with Crippen molar-refractivity contribution in [2.24, 2.45) is 17.1 Å². The Morgan fingerprint density at radius 3 is 2.50 bits per heavy atom. The third-order valence-electron chi connectivity index (χ3n) is 5.35. The Labute approximate surface area is 101 Å². The molecule has 2 saturated carbocycles. The minimum Gasteiger partial charge on any atom is -0.330 e. The van der Waals surface area contributed by atoms with Crippen molar-refractivity contribution in [1.29, 1.82) is 0 Å². The van der Waals surface area contributed by atoms with Gasteiger partial charge in [0, 0.05) is 12.1 Å². The fourth-order valence-electron chi connectivity index (χ4n) is 3.39. The maximum atomic E-state index is 5.93. The SMILES string of the molecule is CC(N(C)C1CCCCC1CN)C1(C)CC1. The lowest BCUT2D eigenvalue weighted by molar-refractivity contribution is 0.0690. The molecule has 0 heterocycles. The van der Waals surface area contributed by atoms with E-state index in [-0.39, 0.29) is 0 Å². The van der Waals surface area contributed by atoms with Gasteiger partial charge in [-0.3, -0.25) is 4.90 Å². The summed E-state index contributed by atoms with van der Waals surface area (Å²) in [6, 6.07) is 1.47. The maximum absolute atomic E-state index is 5.93. The molecule has 3 unspecified atom stereocenters. The van der Waals surface area contributed by atoms with E-state index in [1.54, 1.807) is 0 Å². The monoisotopic (exact) mass is 224 g/mol. The number of rotatable bonds is 4. The van der Waals surface area contributed by atoms with E-state index < -0.39 is 0 Å². The first-order valence-corrected chi connectivity index (χ1v) is 7.00. The second-order valence-electron chi connectivity index (χ2n) is 6.34. The molecule has 0 aromatic carbocycles. The van der Waals surface area contributed by atoms with Crippen LogP contribution < -0.4 is 5.73 Å².